The van der Waals surface area contributed by atoms with Crippen molar-refractivity contribution in [2.75, 3.05) is 39.9 Å². The van der Waals surface area contributed by atoms with Gasteiger partial charge >= 0.3 is 0 Å². The molecule has 1 atom stereocenters. The van der Waals surface area contributed by atoms with Gasteiger partial charge in [0.05, 0.1) is 26.4 Å². The molecule has 1 heterocycles. The number of amides is 1. The molecule has 0 bridgehead atoms. The molecule has 21 heavy (non-hydrogen) atoms. The number of rotatable bonds is 6. The van der Waals surface area contributed by atoms with Gasteiger partial charge in [-0.15, -0.1) is 0 Å². The number of methoxy groups -OCH3 is 1. The van der Waals surface area contributed by atoms with E-state index in [1.165, 1.54) is 0 Å². The number of benzene rings is 1. The minimum absolute atomic E-state index is 0.00132. The maximum absolute atomic E-state index is 12.0. The van der Waals surface area contributed by atoms with Crippen LogP contribution in [0.15, 0.2) is 24.3 Å². The number of ether oxygens (including phenoxy) is 2. The SMILES string of the molecule is COc1ccccc1CNC(=O)CN1CCOC(CN)C1. The van der Waals surface area contributed by atoms with E-state index in [1.54, 1.807) is 7.11 Å². The van der Waals surface area contributed by atoms with Crippen molar-refractivity contribution in [2.45, 2.75) is 12.6 Å². The zero-order chi connectivity index (χ0) is 15.1. The van der Waals surface area contributed by atoms with E-state index in [0.717, 1.165) is 17.9 Å². The number of morpholine rings is 1. The monoisotopic (exact) mass is 293 g/mol. The highest BCUT2D eigenvalue weighted by Gasteiger charge is 2.20. The van der Waals surface area contributed by atoms with Gasteiger partial charge in [0.25, 0.3) is 0 Å². The Balaban J connectivity index is 1.79. The van der Waals surface area contributed by atoms with Gasteiger partial charge in [-0.2, -0.15) is 0 Å². The third-order valence-corrected chi connectivity index (χ3v) is 3.52. The van der Waals surface area contributed by atoms with E-state index in [4.69, 9.17) is 15.2 Å². The number of nitrogens with two attached hydrogens (primary N) is 1. The third-order valence-electron chi connectivity index (χ3n) is 3.52. The molecule has 0 spiro atoms. The molecule has 1 aliphatic heterocycles. The molecule has 6 nitrogen and oxygen atoms in total. The summed E-state index contributed by atoms with van der Waals surface area (Å²) < 4.78 is 10.7. The predicted octanol–water partition coefficient (Wildman–Crippen LogP) is -0.0291. The summed E-state index contributed by atoms with van der Waals surface area (Å²) >= 11 is 0. The molecule has 6 heteroatoms. The molecule has 0 saturated carbocycles. The van der Waals surface area contributed by atoms with Gasteiger partial charge < -0.3 is 20.5 Å². The Kier molecular flexibility index (Phi) is 5.98. The molecule has 1 aromatic rings. The number of nitrogens with zero attached hydrogens (tertiary/aromatic N) is 1. The summed E-state index contributed by atoms with van der Waals surface area (Å²) in [5.74, 6) is 0.783. The maximum atomic E-state index is 12.0. The Morgan fingerprint density at radius 2 is 2.33 bits per heavy atom. The van der Waals surface area contributed by atoms with Gasteiger partial charge in [0.2, 0.25) is 5.91 Å². The van der Waals surface area contributed by atoms with Crippen LogP contribution in [0.4, 0.5) is 0 Å². The lowest BCUT2D eigenvalue weighted by atomic mass is 10.2. The fourth-order valence-corrected chi connectivity index (χ4v) is 2.37. The molecular weight excluding hydrogens is 270 g/mol. The lowest BCUT2D eigenvalue weighted by molar-refractivity contribution is -0.124. The van der Waals surface area contributed by atoms with E-state index in [9.17, 15) is 4.79 Å². The van der Waals surface area contributed by atoms with Crippen molar-refractivity contribution >= 4 is 5.91 Å². The molecule has 1 aromatic carbocycles. The molecular formula is C15H23N3O3. The van der Waals surface area contributed by atoms with Gasteiger partial charge in [0, 0.05) is 31.7 Å². The first-order valence-corrected chi connectivity index (χ1v) is 7.15. The highest BCUT2D eigenvalue weighted by atomic mass is 16.5. The molecule has 1 unspecified atom stereocenters. The zero-order valence-electron chi connectivity index (χ0n) is 12.4. The highest BCUT2D eigenvalue weighted by Crippen LogP contribution is 2.16. The normalized spacial score (nSPS) is 19.2. The predicted molar refractivity (Wildman–Crippen MR) is 80.1 cm³/mol. The molecule has 1 fully saturated rings. The summed E-state index contributed by atoms with van der Waals surface area (Å²) in [6.07, 6.45) is 0.0285. The van der Waals surface area contributed by atoms with Gasteiger partial charge in [0.1, 0.15) is 5.75 Å². The fourth-order valence-electron chi connectivity index (χ4n) is 2.37. The van der Waals surface area contributed by atoms with Crippen molar-refractivity contribution in [3.05, 3.63) is 29.8 Å². The van der Waals surface area contributed by atoms with Crippen LogP contribution in [0, 0.1) is 0 Å². The molecule has 3 N–H and O–H groups in total. The largest absolute Gasteiger partial charge is 0.496 e. The Morgan fingerprint density at radius 3 is 3.10 bits per heavy atom. The van der Waals surface area contributed by atoms with Gasteiger partial charge in [-0.3, -0.25) is 9.69 Å². The Bertz CT molecular complexity index is 467. The molecule has 0 aliphatic carbocycles. The average Bonchev–Trinajstić information content (AvgIpc) is 2.53. The van der Waals surface area contributed by atoms with Crippen LogP contribution in [0.5, 0.6) is 5.75 Å². The number of carbonyl (C=O) groups is 1. The minimum atomic E-state index is -0.00132. The molecule has 0 aromatic heterocycles. The van der Waals surface area contributed by atoms with Crippen molar-refractivity contribution in [1.82, 2.24) is 10.2 Å². The molecule has 1 aliphatic rings. The lowest BCUT2D eigenvalue weighted by Crippen LogP contribution is -2.48. The molecule has 116 valence electrons. The van der Waals surface area contributed by atoms with Crippen molar-refractivity contribution < 1.29 is 14.3 Å². The van der Waals surface area contributed by atoms with Crippen molar-refractivity contribution in [2.24, 2.45) is 5.73 Å². The smallest absolute Gasteiger partial charge is 0.234 e. The van der Waals surface area contributed by atoms with E-state index in [1.807, 2.05) is 24.3 Å². The summed E-state index contributed by atoms with van der Waals surface area (Å²) in [5, 5.41) is 2.92. The van der Waals surface area contributed by atoms with E-state index in [2.05, 4.69) is 10.2 Å². The van der Waals surface area contributed by atoms with Crippen molar-refractivity contribution in [3.8, 4) is 5.75 Å². The van der Waals surface area contributed by atoms with Crippen LogP contribution < -0.4 is 15.8 Å². The molecule has 1 saturated heterocycles. The van der Waals surface area contributed by atoms with Crippen LogP contribution in [-0.4, -0.2) is 56.8 Å². The molecule has 0 radical (unpaired) electrons. The topological polar surface area (TPSA) is 76.8 Å². The number of nitrogens with one attached hydrogen (secondary N) is 1. The Hall–Kier alpha value is -1.63. The first kappa shape index (κ1) is 15.8. The van der Waals surface area contributed by atoms with E-state index < -0.39 is 0 Å². The fraction of sp³-hybridized carbons (Fsp3) is 0.533. The summed E-state index contributed by atoms with van der Waals surface area (Å²) in [7, 11) is 1.63. The third kappa shape index (κ3) is 4.70. The van der Waals surface area contributed by atoms with Gasteiger partial charge in [0.15, 0.2) is 0 Å². The maximum Gasteiger partial charge on any atom is 0.234 e. The first-order valence-electron chi connectivity index (χ1n) is 7.15. The second kappa shape index (κ2) is 7.97. The second-order valence-corrected chi connectivity index (χ2v) is 5.05. The van der Waals surface area contributed by atoms with Crippen LogP contribution >= 0.6 is 0 Å². The zero-order valence-corrected chi connectivity index (χ0v) is 12.4. The summed E-state index contributed by atoms with van der Waals surface area (Å²) in [6.45, 7) is 3.42. The molecule has 1 amide bonds. The minimum Gasteiger partial charge on any atom is -0.496 e. The second-order valence-electron chi connectivity index (χ2n) is 5.05. The van der Waals surface area contributed by atoms with Crippen molar-refractivity contribution in [3.63, 3.8) is 0 Å². The summed E-state index contributed by atoms with van der Waals surface area (Å²) in [4.78, 5) is 14.1. The number of carbonyl (C=O) groups excluding carboxylic acids is 1. The quantitative estimate of drug-likeness (QED) is 0.770. The number of hydrogen-bond acceptors (Lipinski definition) is 5. The van der Waals surface area contributed by atoms with E-state index in [0.29, 0.717) is 32.8 Å². The standard InChI is InChI=1S/C15H23N3O3/c1-20-14-5-3-2-4-12(14)9-17-15(19)11-18-6-7-21-13(8-16)10-18/h2-5,13H,6-11,16H2,1H3,(H,17,19). The average molecular weight is 293 g/mol. The van der Waals surface area contributed by atoms with Gasteiger partial charge in [-0.25, -0.2) is 0 Å². The Labute approximate surface area is 125 Å². The molecule has 2 rings (SSSR count). The van der Waals surface area contributed by atoms with Gasteiger partial charge in [-0.05, 0) is 6.07 Å². The van der Waals surface area contributed by atoms with E-state index in [-0.39, 0.29) is 12.0 Å². The van der Waals surface area contributed by atoms with E-state index >= 15 is 0 Å². The van der Waals surface area contributed by atoms with Crippen LogP contribution in [0.25, 0.3) is 0 Å². The van der Waals surface area contributed by atoms with Gasteiger partial charge in [-0.1, -0.05) is 18.2 Å². The van der Waals surface area contributed by atoms with Crippen LogP contribution in [0.3, 0.4) is 0 Å². The van der Waals surface area contributed by atoms with Crippen LogP contribution in [-0.2, 0) is 16.1 Å². The number of para-hydroxylation sites is 1. The lowest BCUT2D eigenvalue weighted by Gasteiger charge is -2.31. The first-order chi connectivity index (χ1) is 10.2. The summed E-state index contributed by atoms with van der Waals surface area (Å²) in [5.41, 5.74) is 6.56. The highest BCUT2D eigenvalue weighted by molar-refractivity contribution is 5.78. The van der Waals surface area contributed by atoms with Crippen LogP contribution in [0.2, 0.25) is 0 Å². The van der Waals surface area contributed by atoms with Crippen LogP contribution in [0.1, 0.15) is 5.56 Å². The van der Waals surface area contributed by atoms with Crippen molar-refractivity contribution in [1.29, 1.82) is 0 Å². The number of hydrogen-bond donors (Lipinski definition) is 2. The summed E-state index contributed by atoms with van der Waals surface area (Å²) in [6, 6.07) is 7.66. The Morgan fingerprint density at radius 1 is 1.52 bits per heavy atom.